The molecule has 138 valence electrons. The zero-order chi connectivity index (χ0) is 19.2. The summed E-state index contributed by atoms with van der Waals surface area (Å²) in [6, 6.07) is 14.1. The third-order valence-corrected chi connectivity index (χ3v) is 4.59. The Morgan fingerprint density at radius 1 is 1.15 bits per heavy atom. The summed E-state index contributed by atoms with van der Waals surface area (Å²) in [5.41, 5.74) is 1.72. The number of nitrogens with zero attached hydrogens (tertiary/aromatic N) is 4. The van der Waals surface area contributed by atoms with E-state index < -0.39 is 0 Å². The van der Waals surface area contributed by atoms with Crippen molar-refractivity contribution in [2.45, 2.75) is 12.1 Å². The molecule has 0 aliphatic heterocycles. The van der Waals surface area contributed by atoms with Gasteiger partial charge in [0.1, 0.15) is 5.75 Å². The molecule has 1 N–H and O–H groups in total. The maximum Gasteiger partial charge on any atom is 0.234 e. The number of hydrogen-bond donors (Lipinski definition) is 1. The van der Waals surface area contributed by atoms with E-state index in [1.165, 1.54) is 18.7 Å². The van der Waals surface area contributed by atoms with Crippen molar-refractivity contribution >= 4 is 29.1 Å². The lowest BCUT2D eigenvalue weighted by atomic mass is 10.1. The second kappa shape index (κ2) is 8.45. The lowest BCUT2D eigenvalue weighted by molar-refractivity contribution is -0.113. The van der Waals surface area contributed by atoms with Gasteiger partial charge in [0.25, 0.3) is 0 Å². The van der Waals surface area contributed by atoms with E-state index in [-0.39, 0.29) is 17.4 Å². The van der Waals surface area contributed by atoms with Crippen molar-refractivity contribution in [1.29, 1.82) is 0 Å². The van der Waals surface area contributed by atoms with E-state index in [0.29, 0.717) is 16.4 Å². The van der Waals surface area contributed by atoms with Crippen LogP contribution >= 0.6 is 11.8 Å². The Labute approximate surface area is 159 Å². The van der Waals surface area contributed by atoms with Crippen LogP contribution < -0.4 is 10.1 Å². The van der Waals surface area contributed by atoms with Crippen molar-refractivity contribution in [3.05, 3.63) is 54.1 Å². The maximum atomic E-state index is 12.3. The number of thioether (sulfide) groups is 1. The molecule has 0 unspecified atom stereocenters. The molecule has 1 amide bonds. The van der Waals surface area contributed by atoms with Crippen molar-refractivity contribution in [3.63, 3.8) is 0 Å². The number of para-hydroxylation sites is 1. The van der Waals surface area contributed by atoms with E-state index in [1.807, 2.05) is 12.1 Å². The molecule has 0 spiro atoms. The van der Waals surface area contributed by atoms with Gasteiger partial charge in [-0.2, -0.15) is 4.68 Å². The molecule has 0 aliphatic rings. The van der Waals surface area contributed by atoms with Gasteiger partial charge in [-0.05, 0) is 53.7 Å². The first-order chi connectivity index (χ1) is 13.1. The molecular formula is C18H17N5O3S. The average Bonchev–Trinajstić information content (AvgIpc) is 3.15. The van der Waals surface area contributed by atoms with Gasteiger partial charge in [0.05, 0.1) is 24.2 Å². The van der Waals surface area contributed by atoms with Gasteiger partial charge in [-0.15, -0.1) is 5.10 Å². The maximum absolute atomic E-state index is 12.3. The number of carbonyl (C=O) groups excluding carboxylic acids is 2. The molecule has 0 atom stereocenters. The smallest absolute Gasteiger partial charge is 0.234 e. The summed E-state index contributed by atoms with van der Waals surface area (Å²) in [5.74, 6) is 0.465. The topological polar surface area (TPSA) is 99.0 Å². The van der Waals surface area contributed by atoms with E-state index in [1.54, 1.807) is 48.2 Å². The van der Waals surface area contributed by atoms with Crippen molar-refractivity contribution in [1.82, 2.24) is 20.2 Å². The van der Waals surface area contributed by atoms with Gasteiger partial charge in [0, 0.05) is 5.56 Å². The van der Waals surface area contributed by atoms with E-state index in [2.05, 4.69) is 20.8 Å². The Kier molecular flexibility index (Phi) is 5.82. The highest BCUT2D eigenvalue weighted by molar-refractivity contribution is 7.99. The summed E-state index contributed by atoms with van der Waals surface area (Å²) in [6.07, 6.45) is 0. The fourth-order valence-electron chi connectivity index (χ4n) is 2.37. The number of tetrazole rings is 1. The summed E-state index contributed by atoms with van der Waals surface area (Å²) < 4.78 is 6.68. The van der Waals surface area contributed by atoms with E-state index >= 15 is 0 Å². The molecule has 9 heteroatoms. The van der Waals surface area contributed by atoms with Gasteiger partial charge in [-0.3, -0.25) is 9.59 Å². The zero-order valence-electron chi connectivity index (χ0n) is 14.7. The first-order valence-electron chi connectivity index (χ1n) is 8.04. The number of methoxy groups -OCH3 is 1. The molecule has 0 radical (unpaired) electrons. The van der Waals surface area contributed by atoms with Gasteiger partial charge in [0.2, 0.25) is 11.1 Å². The lowest BCUT2D eigenvalue weighted by Gasteiger charge is -2.09. The predicted octanol–water partition coefficient (Wildman–Crippen LogP) is 2.60. The van der Waals surface area contributed by atoms with Crippen LogP contribution in [-0.4, -0.2) is 44.8 Å². The molecule has 0 fully saturated rings. The summed E-state index contributed by atoms with van der Waals surface area (Å²) in [4.78, 5) is 23.9. The Balaban J connectivity index is 1.66. The summed E-state index contributed by atoms with van der Waals surface area (Å²) in [5, 5.41) is 14.8. The molecule has 8 nitrogen and oxygen atoms in total. The number of anilines is 1. The highest BCUT2D eigenvalue weighted by atomic mass is 32.2. The second-order valence-electron chi connectivity index (χ2n) is 5.51. The number of benzene rings is 2. The number of amides is 1. The molecule has 3 aromatic rings. The minimum atomic E-state index is -0.252. The van der Waals surface area contributed by atoms with Gasteiger partial charge in [-0.25, -0.2) is 0 Å². The first kappa shape index (κ1) is 18.6. The van der Waals surface area contributed by atoms with Crippen LogP contribution in [0.1, 0.15) is 17.3 Å². The van der Waals surface area contributed by atoms with Crippen LogP contribution in [0, 0.1) is 0 Å². The van der Waals surface area contributed by atoms with Crippen LogP contribution in [0.2, 0.25) is 0 Å². The van der Waals surface area contributed by atoms with Crippen LogP contribution in [0.5, 0.6) is 5.75 Å². The predicted molar refractivity (Wildman–Crippen MR) is 102 cm³/mol. The molecule has 0 bridgehead atoms. The van der Waals surface area contributed by atoms with Crippen LogP contribution in [0.3, 0.4) is 0 Å². The number of aromatic nitrogens is 4. The van der Waals surface area contributed by atoms with Gasteiger partial charge in [-0.1, -0.05) is 23.9 Å². The van der Waals surface area contributed by atoms with Crippen LogP contribution in [0.4, 0.5) is 5.69 Å². The molecule has 2 aromatic carbocycles. The monoisotopic (exact) mass is 383 g/mol. The van der Waals surface area contributed by atoms with Crippen molar-refractivity contribution < 1.29 is 14.3 Å². The van der Waals surface area contributed by atoms with Gasteiger partial charge < -0.3 is 10.1 Å². The largest absolute Gasteiger partial charge is 0.497 e. The highest BCUT2D eigenvalue weighted by Gasteiger charge is 2.14. The number of rotatable bonds is 7. The molecular weight excluding hydrogens is 366 g/mol. The number of ether oxygens (including phenoxy) is 1. The molecule has 1 heterocycles. The number of carbonyl (C=O) groups is 2. The fourth-order valence-corrected chi connectivity index (χ4v) is 3.06. The van der Waals surface area contributed by atoms with Crippen LogP contribution in [0.15, 0.2) is 53.7 Å². The Morgan fingerprint density at radius 2 is 1.89 bits per heavy atom. The van der Waals surface area contributed by atoms with E-state index in [4.69, 9.17) is 4.74 Å². The molecule has 0 saturated heterocycles. The highest BCUT2D eigenvalue weighted by Crippen LogP contribution is 2.21. The molecule has 3 rings (SSSR count). The van der Waals surface area contributed by atoms with Gasteiger partial charge in [0.15, 0.2) is 5.78 Å². The first-order valence-corrected chi connectivity index (χ1v) is 9.02. The third kappa shape index (κ3) is 4.50. The van der Waals surface area contributed by atoms with Crippen LogP contribution in [-0.2, 0) is 4.79 Å². The Morgan fingerprint density at radius 3 is 2.59 bits per heavy atom. The third-order valence-electron chi connectivity index (χ3n) is 3.67. The Hall–Kier alpha value is -3.20. The van der Waals surface area contributed by atoms with Crippen molar-refractivity contribution in [3.8, 4) is 11.4 Å². The van der Waals surface area contributed by atoms with Crippen molar-refractivity contribution in [2.24, 2.45) is 0 Å². The molecule has 27 heavy (non-hydrogen) atoms. The fraction of sp³-hybridized carbons (Fsp3) is 0.167. The van der Waals surface area contributed by atoms with Crippen LogP contribution in [0.25, 0.3) is 5.69 Å². The quantitative estimate of drug-likeness (QED) is 0.494. The normalized spacial score (nSPS) is 10.4. The minimum Gasteiger partial charge on any atom is -0.497 e. The second-order valence-corrected chi connectivity index (χ2v) is 6.45. The average molecular weight is 383 g/mol. The standard InChI is InChI=1S/C18H17N5O3S/c1-12(24)15-5-3-4-6-16(15)19-17(25)11-27-18-20-21-22-23(18)13-7-9-14(26-2)10-8-13/h3-10H,11H2,1-2H3,(H,19,25). The summed E-state index contributed by atoms with van der Waals surface area (Å²) >= 11 is 1.20. The van der Waals surface area contributed by atoms with E-state index in [9.17, 15) is 9.59 Å². The Bertz CT molecular complexity index is 956. The molecule has 0 aliphatic carbocycles. The van der Waals surface area contributed by atoms with Gasteiger partial charge >= 0.3 is 0 Å². The summed E-state index contributed by atoms with van der Waals surface area (Å²) in [7, 11) is 1.59. The number of ketones is 1. The minimum absolute atomic E-state index is 0.1000. The molecule has 0 saturated carbocycles. The number of Topliss-reactive ketones (excluding diaryl/α,β-unsaturated/α-hetero) is 1. The lowest BCUT2D eigenvalue weighted by Crippen LogP contribution is -2.16. The van der Waals surface area contributed by atoms with Crippen molar-refractivity contribution in [2.75, 3.05) is 18.2 Å². The number of nitrogens with one attached hydrogen (secondary N) is 1. The number of hydrogen-bond acceptors (Lipinski definition) is 7. The van der Waals surface area contributed by atoms with E-state index in [0.717, 1.165) is 11.4 Å². The zero-order valence-corrected chi connectivity index (χ0v) is 15.6. The SMILES string of the molecule is COc1ccc(-n2nnnc2SCC(=O)Nc2ccccc2C(C)=O)cc1. The summed E-state index contributed by atoms with van der Waals surface area (Å²) in [6.45, 7) is 1.46. The molecule has 1 aromatic heterocycles.